The van der Waals surface area contributed by atoms with E-state index in [4.69, 9.17) is 0 Å². The number of nitrogens with zero attached hydrogens (tertiary/aromatic N) is 1. The van der Waals surface area contributed by atoms with Gasteiger partial charge in [0.05, 0.1) is 0 Å². The van der Waals surface area contributed by atoms with Crippen LogP contribution < -0.4 is 5.32 Å². The Morgan fingerprint density at radius 2 is 1.40 bits per heavy atom. The van der Waals surface area contributed by atoms with Gasteiger partial charge in [-0.1, -0.05) is 61.0 Å². The second kappa shape index (κ2) is 9.59. The minimum atomic E-state index is 0. The molecule has 2 aromatic carbocycles. The molecular weight excluding hydrogens is 351 g/mol. The highest BCUT2D eigenvalue weighted by atomic mass is 35.5. The van der Waals surface area contributed by atoms with E-state index in [0.29, 0.717) is 6.04 Å². The van der Waals surface area contributed by atoms with Gasteiger partial charge in [-0.25, -0.2) is 0 Å². The molecule has 0 radical (unpaired) electrons. The second-order valence-electron chi connectivity index (χ2n) is 6.91. The summed E-state index contributed by atoms with van der Waals surface area (Å²) in [4.78, 5) is 2.71. The van der Waals surface area contributed by atoms with Gasteiger partial charge < -0.3 is 5.32 Å². The lowest BCUT2D eigenvalue weighted by Crippen LogP contribution is -2.47. The highest BCUT2D eigenvalue weighted by Crippen LogP contribution is 2.41. The van der Waals surface area contributed by atoms with Crippen LogP contribution in [0.4, 0.5) is 0 Å². The van der Waals surface area contributed by atoms with E-state index in [9.17, 15) is 0 Å². The fourth-order valence-electron chi connectivity index (χ4n) is 4.00. The number of hydrogen-bond acceptors (Lipinski definition) is 2. The molecule has 4 rings (SSSR count). The highest BCUT2D eigenvalue weighted by molar-refractivity contribution is 5.85. The minimum Gasteiger partial charge on any atom is -0.314 e. The number of rotatable bonds is 4. The number of benzene rings is 2. The van der Waals surface area contributed by atoms with Crippen LogP contribution in [0.25, 0.3) is 11.1 Å². The van der Waals surface area contributed by atoms with E-state index in [-0.39, 0.29) is 24.8 Å². The molecular formula is C21H28Cl2N2. The molecule has 2 fully saturated rings. The standard InChI is InChI=1S/C21H26N2.2ClH/c1-2-5-17(6-3-1)18-9-11-20(12-10-18)21(19-7-4-8-19)23-15-13-22-14-16-23;;/h1-3,5-6,9-12,19,21-22H,4,7-8,13-16H2;2*1H/t21-;;/m0../s1. The molecule has 1 heterocycles. The molecule has 4 heteroatoms. The number of hydrogen-bond donors (Lipinski definition) is 1. The van der Waals surface area contributed by atoms with Crippen molar-refractivity contribution < 1.29 is 0 Å². The van der Waals surface area contributed by atoms with E-state index in [0.717, 1.165) is 19.0 Å². The Kier molecular flexibility index (Phi) is 7.77. The van der Waals surface area contributed by atoms with E-state index >= 15 is 0 Å². The fourth-order valence-corrected chi connectivity index (χ4v) is 4.00. The molecule has 0 bridgehead atoms. The van der Waals surface area contributed by atoms with Gasteiger partial charge in [-0.15, -0.1) is 24.8 Å². The molecule has 0 spiro atoms. The molecule has 1 aliphatic heterocycles. The predicted octanol–water partition coefficient (Wildman–Crippen LogP) is 4.94. The first kappa shape index (κ1) is 20.3. The summed E-state index contributed by atoms with van der Waals surface area (Å²) in [5.41, 5.74) is 4.14. The average molecular weight is 379 g/mol. The zero-order valence-electron chi connectivity index (χ0n) is 14.6. The summed E-state index contributed by atoms with van der Waals surface area (Å²) in [6, 6.07) is 20.6. The average Bonchev–Trinajstić information content (AvgIpc) is 2.60. The lowest BCUT2D eigenvalue weighted by Gasteiger charge is -2.43. The van der Waals surface area contributed by atoms with Crippen LogP contribution in [0.3, 0.4) is 0 Å². The molecule has 2 nitrogen and oxygen atoms in total. The zero-order valence-corrected chi connectivity index (χ0v) is 16.2. The van der Waals surface area contributed by atoms with E-state index < -0.39 is 0 Å². The fraction of sp³-hybridized carbons (Fsp3) is 0.429. The first-order valence-electron chi connectivity index (χ1n) is 9.02. The van der Waals surface area contributed by atoms with E-state index in [2.05, 4.69) is 64.8 Å². The molecule has 1 saturated heterocycles. The largest absolute Gasteiger partial charge is 0.314 e. The van der Waals surface area contributed by atoms with Crippen LogP contribution in [0.2, 0.25) is 0 Å². The van der Waals surface area contributed by atoms with Crippen molar-refractivity contribution in [2.75, 3.05) is 26.2 Å². The summed E-state index contributed by atoms with van der Waals surface area (Å²) in [5.74, 6) is 0.857. The Morgan fingerprint density at radius 1 is 0.800 bits per heavy atom. The lowest BCUT2D eigenvalue weighted by molar-refractivity contribution is 0.0837. The summed E-state index contributed by atoms with van der Waals surface area (Å²) in [7, 11) is 0. The van der Waals surface area contributed by atoms with Gasteiger partial charge in [0.15, 0.2) is 0 Å². The van der Waals surface area contributed by atoms with Crippen molar-refractivity contribution in [2.45, 2.75) is 25.3 Å². The van der Waals surface area contributed by atoms with Gasteiger partial charge in [-0.2, -0.15) is 0 Å². The number of piperazine rings is 1. The number of halogens is 2. The van der Waals surface area contributed by atoms with Crippen molar-refractivity contribution in [1.82, 2.24) is 10.2 Å². The van der Waals surface area contributed by atoms with Crippen molar-refractivity contribution in [1.29, 1.82) is 0 Å². The third-order valence-corrected chi connectivity index (χ3v) is 5.50. The van der Waals surface area contributed by atoms with Crippen molar-refractivity contribution in [2.24, 2.45) is 5.92 Å². The Balaban J connectivity index is 0.00000113. The van der Waals surface area contributed by atoms with Gasteiger partial charge >= 0.3 is 0 Å². The molecule has 0 unspecified atom stereocenters. The van der Waals surface area contributed by atoms with E-state index in [1.807, 2.05) is 0 Å². The third kappa shape index (κ3) is 4.57. The normalized spacial score (nSPS) is 19.2. The van der Waals surface area contributed by atoms with Gasteiger partial charge in [0.2, 0.25) is 0 Å². The van der Waals surface area contributed by atoms with Gasteiger partial charge in [-0.05, 0) is 35.4 Å². The molecule has 2 aromatic rings. The second-order valence-corrected chi connectivity index (χ2v) is 6.91. The first-order valence-corrected chi connectivity index (χ1v) is 9.02. The van der Waals surface area contributed by atoms with Crippen LogP contribution in [0.1, 0.15) is 30.9 Å². The van der Waals surface area contributed by atoms with Crippen LogP contribution in [-0.4, -0.2) is 31.1 Å². The van der Waals surface area contributed by atoms with Crippen LogP contribution in [0, 0.1) is 5.92 Å². The quantitative estimate of drug-likeness (QED) is 0.809. The molecule has 1 saturated carbocycles. The van der Waals surface area contributed by atoms with Gasteiger partial charge in [0.1, 0.15) is 0 Å². The van der Waals surface area contributed by atoms with E-state index in [1.165, 1.54) is 49.0 Å². The summed E-state index contributed by atoms with van der Waals surface area (Å²) >= 11 is 0. The Bertz CT molecular complexity index is 620. The summed E-state index contributed by atoms with van der Waals surface area (Å²) < 4.78 is 0. The van der Waals surface area contributed by atoms with Crippen molar-refractivity contribution in [3.63, 3.8) is 0 Å². The monoisotopic (exact) mass is 378 g/mol. The van der Waals surface area contributed by atoms with Crippen LogP contribution in [0.15, 0.2) is 54.6 Å². The first-order chi connectivity index (χ1) is 11.4. The topological polar surface area (TPSA) is 15.3 Å². The molecule has 0 amide bonds. The predicted molar refractivity (Wildman–Crippen MR) is 111 cm³/mol. The molecule has 25 heavy (non-hydrogen) atoms. The highest BCUT2D eigenvalue weighted by Gasteiger charge is 2.33. The molecule has 0 aromatic heterocycles. The molecule has 1 N–H and O–H groups in total. The smallest absolute Gasteiger partial charge is 0.0377 e. The lowest BCUT2D eigenvalue weighted by atomic mass is 9.76. The maximum Gasteiger partial charge on any atom is 0.0377 e. The third-order valence-electron chi connectivity index (χ3n) is 5.50. The number of nitrogens with one attached hydrogen (secondary N) is 1. The summed E-state index contributed by atoms with van der Waals surface area (Å²) in [5, 5.41) is 3.48. The zero-order chi connectivity index (χ0) is 15.5. The van der Waals surface area contributed by atoms with Crippen molar-refractivity contribution >= 4 is 24.8 Å². The molecule has 1 aliphatic carbocycles. The SMILES string of the molecule is Cl.Cl.c1ccc(-c2ccc([C@H](C3CCC3)N3CCNCC3)cc2)cc1. The van der Waals surface area contributed by atoms with Crippen LogP contribution in [0.5, 0.6) is 0 Å². The minimum absolute atomic E-state index is 0. The van der Waals surface area contributed by atoms with Crippen molar-refractivity contribution in [3.8, 4) is 11.1 Å². The van der Waals surface area contributed by atoms with E-state index in [1.54, 1.807) is 0 Å². The van der Waals surface area contributed by atoms with Gasteiger partial charge in [0, 0.05) is 32.2 Å². The maximum absolute atomic E-state index is 3.48. The Hall–Kier alpha value is -1.06. The van der Waals surface area contributed by atoms with Crippen LogP contribution >= 0.6 is 24.8 Å². The molecule has 2 aliphatic rings. The summed E-state index contributed by atoms with van der Waals surface area (Å²) in [6.45, 7) is 4.62. The molecule has 1 atom stereocenters. The van der Waals surface area contributed by atoms with Gasteiger partial charge in [-0.3, -0.25) is 4.90 Å². The summed E-state index contributed by atoms with van der Waals surface area (Å²) in [6.07, 6.45) is 4.21. The van der Waals surface area contributed by atoms with Crippen molar-refractivity contribution in [3.05, 3.63) is 60.2 Å². The van der Waals surface area contributed by atoms with Gasteiger partial charge in [0.25, 0.3) is 0 Å². The van der Waals surface area contributed by atoms with Crippen LogP contribution in [-0.2, 0) is 0 Å². The Labute approximate surface area is 163 Å². The maximum atomic E-state index is 3.48. The molecule has 136 valence electrons. The Morgan fingerprint density at radius 3 is 1.96 bits per heavy atom.